The first kappa shape index (κ1) is 11.9. The van der Waals surface area contributed by atoms with Gasteiger partial charge in [-0.2, -0.15) is 0 Å². The summed E-state index contributed by atoms with van der Waals surface area (Å²) >= 11 is 0. The van der Waals surface area contributed by atoms with E-state index in [1.807, 2.05) is 0 Å². The average Bonchev–Trinajstić information content (AvgIpc) is 2.22. The van der Waals surface area contributed by atoms with E-state index in [1.165, 1.54) is 13.2 Å². The van der Waals surface area contributed by atoms with E-state index in [-0.39, 0.29) is 24.3 Å². The number of aliphatic hydroxyl groups is 1. The third-order valence-electron chi connectivity index (χ3n) is 2.11. The van der Waals surface area contributed by atoms with Crippen LogP contribution in [0.15, 0.2) is 12.1 Å². The molecule has 0 aliphatic rings. The zero-order chi connectivity index (χ0) is 11.4. The molecule has 1 aromatic carbocycles. The SMILES string of the molecule is COc1cc(F)c(F)c(C(N)CCO)c1. The predicted octanol–water partition coefficient (Wildman–Crippen LogP) is 1.36. The molecule has 0 aromatic heterocycles. The van der Waals surface area contributed by atoms with Gasteiger partial charge >= 0.3 is 0 Å². The zero-order valence-corrected chi connectivity index (χ0v) is 8.34. The highest BCUT2D eigenvalue weighted by atomic mass is 19.2. The number of hydrogen-bond donors (Lipinski definition) is 2. The Morgan fingerprint density at radius 2 is 2.13 bits per heavy atom. The fourth-order valence-corrected chi connectivity index (χ4v) is 1.27. The van der Waals surface area contributed by atoms with Crippen molar-refractivity contribution >= 4 is 0 Å². The van der Waals surface area contributed by atoms with Crippen LogP contribution in [-0.2, 0) is 0 Å². The number of benzene rings is 1. The molecule has 1 rings (SSSR count). The summed E-state index contributed by atoms with van der Waals surface area (Å²) in [6.45, 7) is -0.181. The van der Waals surface area contributed by atoms with Crippen LogP contribution in [-0.4, -0.2) is 18.8 Å². The van der Waals surface area contributed by atoms with Gasteiger partial charge in [0.25, 0.3) is 0 Å². The second-order valence-corrected chi connectivity index (χ2v) is 3.13. The van der Waals surface area contributed by atoms with Crippen LogP contribution in [0.4, 0.5) is 8.78 Å². The van der Waals surface area contributed by atoms with Crippen molar-refractivity contribution in [1.29, 1.82) is 0 Å². The molecule has 0 radical (unpaired) electrons. The van der Waals surface area contributed by atoms with E-state index in [2.05, 4.69) is 0 Å². The first-order chi connectivity index (χ1) is 7.10. The van der Waals surface area contributed by atoms with Crippen molar-refractivity contribution in [2.75, 3.05) is 13.7 Å². The summed E-state index contributed by atoms with van der Waals surface area (Å²) in [5, 5.41) is 8.66. The molecular formula is C10H13F2NO2. The summed E-state index contributed by atoms with van der Waals surface area (Å²) in [6.07, 6.45) is 0.170. The highest BCUT2D eigenvalue weighted by molar-refractivity contribution is 5.32. The van der Waals surface area contributed by atoms with Crippen LogP contribution in [0.25, 0.3) is 0 Å². The summed E-state index contributed by atoms with van der Waals surface area (Å²) < 4.78 is 31.1. The minimum Gasteiger partial charge on any atom is -0.497 e. The van der Waals surface area contributed by atoms with Crippen molar-refractivity contribution in [3.05, 3.63) is 29.3 Å². The Morgan fingerprint density at radius 1 is 1.47 bits per heavy atom. The molecule has 0 bridgehead atoms. The van der Waals surface area contributed by atoms with Gasteiger partial charge in [-0.15, -0.1) is 0 Å². The summed E-state index contributed by atoms with van der Waals surface area (Å²) in [5.41, 5.74) is 5.59. The molecule has 15 heavy (non-hydrogen) atoms. The number of aliphatic hydroxyl groups excluding tert-OH is 1. The topological polar surface area (TPSA) is 55.5 Å². The Labute approximate surface area is 86.5 Å². The van der Waals surface area contributed by atoms with Crippen LogP contribution in [0.1, 0.15) is 18.0 Å². The highest BCUT2D eigenvalue weighted by Crippen LogP contribution is 2.25. The molecular weight excluding hydrogens is 204 g/mol. The number of halogens is 2. The largest absolute Gasteiger partial charge is 0.497 e. The fourth-order valence-electron chi connectivity index (χ4n) is 1.27. The van der Waals surface area contributed by atoms with Crippen molar-refractivity contribution in [3.8, 4) is 5.75 Å². The molecule has 0 aliphatic heterocycles. The lowest BCUT2D eigenvalue weighted by Gasteiger charge is -2.13. The molecule has 84 valence electrons. The molecule has 1 aromatic rings. The van der Waals surface area contributed by atoms with Gasteiger partial charge in [0.05, 0.1) is 7.11 Å². The highest BCUT2D eigenvalue weighted by Gasteiger charge is 2.16. The normalized spacial score (nSPS) is 12.6. The van der Waals surface area contributed by atoms with E-state index in [9.17, 15) is 8.78 Å². The van der Waals surface area contributed by atoms with Crippen molar-refractivity contribution in [3.63, 3.8) is 0 Å². The van der Waals surface area contributed by atoms with Gasteiger partial charge in [-0.25, -0.2) is 8.78 Å². The second-order valence-electron chi connectivity index (χ2n) is 3.13. The third kappa shape index (κ3) is 2.64. The van der Waals surface area contributed by atoms with Gasteiger partial charge in [-0.1, -0.05) is 0 Å². The molecule has 3 N–H and O–H groups in total. The molecule has 1 unspecified atom stereocenters. The van der Waals surface area contributed by atoms with Crippen LogP contribution >= 0.6 is 0 Å². The van der Waals surface area contributed by atoms with E-state index in [0.29, 0.717) is 0 Å². The van der Waals surface area contributed by atoms with Crippen LogP contribution < -0.4 is 10.5 Å². The number of rotatable bonds is 4. The van der Waals surface area contributed by atoms with E-state index in [1.54, 1.807) is 0 Å². The maximum absolute atomic E-state index is 13.3. The smallest absolute Gasteiger partial charge is 0.163 e. The van der Waals surface area contributed by atoms with Crippen molar-refractivity contribution in [2.24, 2.45) is 5.73 Å². The van der Waals surface area contributed by atoms with Crippen molar-refractivity contribution in [2.45, 2.75) is 12.5 Å². The van der Waals surface area contributed by atoms with Gasteiger partial charge in [-0.05, 0) is 12.5 Å². The van der Waals surface area contributed by atoms with Crippen LogP contribution in [0.3, 0.4) is 0 Å². The van der Waals surface area contributed by atoms with Crippen molar-refractivity contribution in [1.82, 2.24) is 0 Å². The summed E-state index contributed by atoms with van der Waals surface area (Å²) in [5.74, 6) is -1.79. The minimum atomic E-state index is -1.00. The quantitative estimate of drug-likeness (QED) is 0.800. The van der Waals surface area contributed by atoms with Gasteiger partial charge in [0.15, 0.2) is 11.6 Å². The van der Waals surface area contributed by atoms with E-state index < -0.39 is 17.7 Å². The molecule has 5 heteroatoms. The van der Waals surface area contributed by atoms with E-state index >= 15 is 0 Å². The van der Waals surface area contributed by atoms with Gasteiger partial charge in [0.1, 0.15) is 5.75 Å². The standard InChI is InChI=1S/C10H13F2NO2/c1-15-6-4-7(9(13)2-3-14)10(12)8(11)5-6/h4-5,9,14H,2-3,13H2,1H3. The lowest BCUT2D eigenvalue weighted by atomic mass is 10.0. The molecule has 0 spiro atoms. The molecule has 0 amide bonds. The molecule has 0 aliphatic carbocycles. The van der Waals surface area contributed by atoms with Crippen molar-refractivity contribution < 1.29 is 18.6 Å². The first-order valence-corrected chi connectivity index (χ1v) is 4.49. The molecule has 0 fully saturated rings. The Balaban J connectivity index is 3.09. The van der Waals surface area contributed by atoms with Gasteiger partial charge < -0.3 is 15.6 Å². The lowest BCUT2D eigenvalue weighted by Crippen LogP contribution is -2.14. The zero-order valence-electron chi connectivity index (χ0n) is 8.34. The Morgan fingerprint density at radius 3 is 2.67 bits per heavy atom. The number of ether oxygens (including phenoxy) is 1. The minimum absolute atomic E-state index is 0.0147. The van der Waals surface area contributed by atoms with E-state index in [4.69, 9.17) is 15.6 Å². The molecule has 0 saturated carbocycles. The maximum atomic E-state index is 13.3. The van der Waals surface area contributed by atoms with Gasteiger partial charge in [0.2, 0.25) is 0 Å². The Kier molecular flexibility index (Phi) is 3.99. The summed E-state index contributed by atoms with van der Waals surface area (Å²) in [4.78, 5) is 0. The Bertz CT molecular complexity index is 344. The molecule has 1 atom stereocenters. The maximum Gasteiger partial charge on any atom is 0.163 e. The van der Waals surface area contributed by atoms with Crippen LogP contribution in [0.2, 0.25) is 0 Å². The summed E-state index contributed by atoms with van der Waals surface area (Å²) in [6, 6.07) is 1.54. The number of nitrogens with two attached hydrogens (primary N) is 1. The monoisotopic (exact) mass is 217 g/mol. The molecule has 3 nitrogen and oxygen atoms in total. The Hall–Kier alpha value is -1.20. The molecule has 0 heterocycles. The van der Waals surface area contributed by atoms with Crippen LogP contribution in [0.5, 0.6) is 5.75 Å². The average molecular weight is 217 g/mol. The first-order valence-electron chi connectivity index (χ1n) is 4.49. The number of methoxy groups -OCH3 is 1. The van der Waals surface area contributed by atoms with Gasteiger partial charge in [0, 0.05) is 24.3 Å². The lowest BCUT2D eigenvalue weighted by molar-refractivity contribution is 0.274. The fraction of sp³-hybridized carbons (Fsp3) is 0.400. The van der Waals surface area contributed by atoms with Gasteiger partial charge in [-0.3, -0.25) is 0 Å². The predicted molar refractivity (Wildman–Crippen MR) is 51.5 cm³/mol. The number of hydrogen-bond acceptors (Lipinski definition) is 3. The molecule has 0 saturated heterocycles. The second kappa shape index (κ2) is 5.04. The third-order valence-corrected chi connectivity index (χ3v) is 2.11. The van der Waals surface area contributed by atoms with E-state index in [0.717, 1.165) is 6.07 Å². The van der Waals surface area contributed by atoms with Crippen LogP contribution in [0, 0.1) is 11.6 Å². The summed E-state index contributed by atoms with van der Waals surface area (Å²) in [7, 11) is 1.36.